The highest BCUT2D eigenvalue weighted by molar-refractivity contribution is 6.30. The van der Waals surface area contributed by atoms with Crippen LogP contribution in [0.4, 0.5) is 17.6 Å². The van der Waals surface area contributed by atoms with Gasteiger partial charge < -0.3 is 9.67 Å². The maximum absolute atomic E-state index is 13.8. The number of carboxylic acids is 1. The normalized spacial score (nSPS) is 11.6. The molecule has 0 saturated carbocycles. The van der Waals surface area contributed by atoms with Crippen molar-refractivity contribution in [1.82, 2.24) is 4.57 Å². The van der Waals surface area contributed by atoms with Crippen LogP contribution in [0.15, 0.2) is 48.7 Å². The highest BCUT2D eigenvalue weighted by Crippen LogP contribution is 2.41. The number of halogens is 5. The standard InChI is InChI=1S/C19H12ClF4NO2/c1-10-4-2-3-5-12(10)13-9-25(11-6-7-15(21)14(20)8-11)17(19(22,23)24)16(13)18(26)27/h2-9H,1H3,(H,26,27). The molecular weight excluding hydrogens is 386 g/mol. The Labute approximate surface area is 156 Å². The van der Waals surface area contributed by atoms with Gasteiger partial charge in [0.1, 0.15) is 11.5 Å². The maximum Gasteiger partial charge on any atom is 0.432 e. The van der Waals surface area contributed by atoms with Gasteiger partial charge in [-0.15, -0.1) is 0 Å². The molecule has 3 nitrogen and oxygen atoms in total. The number of benzene rings is 2. The third-order valence-corrected chi connectivity index (χ3v) is 4.39. The third-order valence-electron chi connectivity index (χ3n) is 4.10. The zero-order valence-corrected chi connectivity index (χ0v) is 14.6. The number of hydrogen-bond acceptors (Lipinski definition) is 1. The first-order valence-electron chi connectivity index (χ1n) is 7.68. The molecule has 0 fully saturated rings. The van der Waals surface area contributed by atoms with Crippen molar-refractivity contribution >= 4 is 17.6 Å². The van der Waals surface area contributed by atoms with E-state index in [2.05, 4.69) is 0 Å². The van der Waals surface area contributed by atoms with E-state index in [1.807, 2.05) is 0 Å². The zero-order valence-electron chi connectivity index (χ0n) is 13.8. The molecule has 2 aromatic carbocycles. The Bertz CT molecular complexity index is 1040. The van der Waals surface area contributed by atoms with Gasteiger partial charge in [0.2, 0.25) is 0 Å². The molecule has 0 radical (unpaired) electrons. The number of aryl methyl sites for hydroxylation is 1. The van der Waals surface area contributed by atoms with Crippen molar-refractivity contribution in [3.8, 4) is 16.8 Å². The van der Waals surface area contributed by atoms with E-state index >= 15 is 0 Å². The molecule has 3 aromatic rings. The Hall–Kier alpha value is -2.80. The molecule has 0 amide bonds. The summed E-state index contributed by atoms with van der Waals surface area (Å²) in [6, 6.07) is 9.54. The summed E-state index contributed by atoms with van der Waals surface area (Å²) >= 11 is 5.70. The third kappa shape index (κ3) is 3.42. The SMILES string of the molecule is Cc1ccccc1-c1cn(-c2ccc(F)c(Cl)c2)c(C(F)(F)F)c1C(=O)O. The largest absolute Gasteiger partial charge is 0.478 e. The van der Waals surface area contributed by atoms with Crippen molar-refractivity contribution in [2.75, 3.05) is 0 Å². The summed E-state index contributed by atoms with van der Waals surface area (Å²) < 4.78 is 55.4. The summed E-state index contributed by atoms with van der Waals surface area (Å²) in [6.45, 7) is 1.67. The average molecular weight is 398 g/mol. The van der Waals surface area contributed by atoms with Crippen LogP contribution in [0.5, 0.6) is 0 Å². The number of hydrogen-bond donors (Lipinski definition) is 1. The lowest BCUT2D eigenvalue weighted by atomic mass is 9.98. The summed E-state index contributed by atoms with van der Waals surface area (Å²) in [7, 11) is 0. The van der Waals surface area contributed by atoms with Gasteiger partial charge in [0.05, 0.1) is 10.6 Å². The van der Waals surface area contributed by atoms with Crippen molar-refractivity contribution < 1.29 is 27.5 Å². The van der Waals surface area contributed by atoms with Crippen molar-refractivity contribution in [3.05, 3.63) is 76.3 Å². The summed E-state index contributed by atoms with van der Waals surface area (Å²) in [6.07, 6.45) is -3.88. The Balaban J connectivity index is 2.40. The minimum Gasteiger partial charge on any atom is -0.478 e. The number of aromatic nitrogens is 1. The summed E-state index contributed by atoms with van der Waals surface area (Å²) in [5.74, 6) is -2.51. The van der Waals surface area contributed by atoms with Crippen LogP contribution >= 0.6 is 11.6 Å². The van der Waals surface area contributed by atoms with Gasteiger partial charge in [-0.3, -0.25) is 0 Å². The average Bonchev–Trinajstić information content (AvgIpc) is 2.98. The molecule has 0 atom stereocenters. The zero-order chi connectivity index (χ0) is 19.9. The fourth-order valence-electron chi connectivity index (χ4n) is 2.92. The Morgan fingerprint density at radius 1 is 1.11 bits per heavy atom. The lowest BCUT2D eigenvalue weighted by molar-refractivity contribution is -0.142. The van der Waals surface area contributed by atoms with E-state index in [1.54, 1.807) is 31.2 Å². The number of alkyl halides is 3. The van der Waals surface area contributed by atoms with E-state index in [0.717, 1.165) is 24.4 Å². The van der Waals surface area contributed by atoms with E-state index in [4.69, 9.17) is 11.6 Å². The van der Waals surface area contributed by atoms with Crippen LogP contribution in [-0.2, 0) is 6.18 Å². The fourth-order valence-corrected chi connectivity index (χ4v) is 3.09. The summed E-state index contributed by atoms with van der Waals surface area (Å²) in [5, 5.41) is 9.15. The van der Waals surface area contributed by atoms with Crippen LogP contribution in [-0.4, -0.2) is 15.6 Å². The minimum atomic E-state index is -4.96. The molecular formula is C19H12ClF4NO2. The van der Waals surface area contributed by atoms with Gasteiger partial charge in [-0.25, -0.2) is 9.18 Å². The molecule has 3 rings (SSSR count). The first kappa shape index (κ1) is 19.0. The molecule has 0 spiro atoms. The van der Waals surface area contributed by atoms with E-state index in [-0.39, 0.29) is 16.3 Å². The first-order chi connectivity index (χ1) is 12.6. The van der Waals surface area contributed by atoms with Crippen molar-refractivity contribution in [1.29, 1.82) is 0 Å². The number of carbonyl (C=O) groups is 1. The number of aromatic carboxylic acids is 1. The van der Waals surface area contributed by atoms with E-state index in [9.17, 15) is 27.5 Å². The van der Waals surface area contributed by atoms with Crippen molar-refractivity contribution in [2.45, 2.75) is 13.1 Å². The van der Waals surface area contributed by atoms with Gasteiger partial charge in [0, 0.05) is 17.4 Å². The van der Waals surface area contributed by atoms with Crippen LogP contribution in [0.2, 0.25) is 5.02 Å². The van der Waals surface area contributed by atoms with Crippen LogP contribution < -0.4 is 0 Å². The molecule has 0 unspecified atom stereocenters. The maximum atomic E-state index is 13.8. The molecule has 1 N–H and O–H groups in total. The van der Waals surface area contributed by atoms with Crippen molar-refractivity contribution in [2.24, 2.45) is 0 Å². The second kappa shape index (κ2) is 6.74. The van der Waals surface area contributed by atoms with Crippen LogP contribution in [0, 0.1) is 12.7 Å². The Morgan fingerprint density at radius 3 is 2.33 bits per heavy atom. The predicted molar refractivity (Wildman–Crippen MR) is 92.9 cm³/mol. The Morgan fingerprint density at radius 2 is 1.78 bits per heavy atom. The summed E-state index contributed by atoms with van der Waals surface area (Å²) in [5.41, 5.74) is -1.46. The predicted octanol–water partition coefficient (Wildman–Crippen LogP) is 5.96. The molecule has 0 bridgehead atoms. The van der Waals surface area contributed by atoms with E-state index < -0.39 is 29.2 Å². The monoisotopic (exact) mass is 397 g/mol. The Kier molecular flexibility index (Phi) is 4.73. The molecule has 0 aliphatic rings. The van der Waals surface area contributed by atoms with Crippen LogP contribution in [0.1, 0.15) is 21.6 Å². The molecule has 0 aliphatic heterocycles. The minimum absolute atomic E-state index is 0.0895. The van der Waals surface area contributed by atoms with Crippen molar-refractivity contribution in [3.63, 3.8) is 0 Å². The van der Waals surface area contributed by atoms with Gasteiger partial charge >= 0.3 is 12.1 Å². The van der Waals surface area contributed by atoms with Gasteiger partial charge in [0.25, 0.3) is 0 Å². The molecule has 140 valence electrons. The fraction of sp³-hybridized carbons (Fsp3) is 0.105. The van der Waals surface area contributed by atoms with Crippen LogP contribution in [0.3, 0.4) is 0 Å². The highest BCUT2D eigenvalue weighted by Gasteiger charge is 2.42. The topological polar surface area (TPSA) is 42.2 Å². The lowest BCUT2D eigenvalue weighted by Crippen LogP contribution is -2.17. The first-order valence-corrected chi connectivity index (χ1v) is 8.06. The lowest BCUT2D eigenvalue weighted by Gasteiger charge is -2.13. The molecule has 1 aromatic heterocycles. The van der Waals surface area contributed by atoms with E-state index in [1.165, 1.54) is 0 Å². The second-order valence-electron chi connectivity index (χ2n) is 5.85. The number of rotatable bonds is 3. The van der Waals surface area contributed by atoms with Gasteiger partial charge in [0.15, 0.2) is 0 Å². The van der Waals surface area contributed by atoms with Gasteiger partial charge in [-0.05, 0) is 36.2 Å². The molecule has 8 heteroatoms. The summed E-state index contributed by atoms with van der Waals surface area (Å²) in [4.78, 5) is 11.7. The molecule has 27 heavy (non-hydrogen) atoms. The molecule has 0 aliphatic carbocycles. The van der Waals surface area contributed by atoms with Crippen LogP contribution in [0.25, 0.3) is 16.8 Å². The smallest absolute Gasteiger partial charge is 0.432 e. The molecule has 1 heterocycles. The quantitative estimate of drug-likeness (QED) is 0.554. The van der Waals surface area contributed by atoms with Gasteiger partial charge in [-0.1, -0.05) is 35.9 Å². The second-order valence-corrected chi connectivity index (χ2v) is 6.26. The number of nitrogens with zero attached hydrogens (tertiary/aromatic N) is 1. The van der Waals surface area contributed by atoms with E-state index in [0.29, 0.717) is 15.7 Å². The van der Waals surface area contributed by atoms with Gasteiger partial charge in [-0.2, -0.15) is 13.2 Å². The highest BCUT2D eigenvalue weighted by atomic mass is 35.5. The number of carboxylic acid groups (broad SMARTS) is 1. The molecule has 0 saturated heterocycles.